The average molecular weight is 358 g/mol. The first-order chi connectivity index (χ1) is 9.58. The molecular formula is C12H12BrN3O3S. The number of rotatable bonds is 6. The van der Waals surface area contributed by atoms with Crippen LogP contribution in [0.15, 0.2) is 31.3 Å². The normalized spacial score (nSPS) is 11.8. The molecule has 0 spiro atoms. The van der Waals surface area contributed by atoms with Crippen LogP contribution in [0.2, 0.25) is 0 Å². The number of carboxylic acid groups (broad SMARTS) is 1. The van der Waals surface area contributed by atoms with E-state index in [1.54, 1.807) is 12.1 Å². The monoisotopic (exact) mass is 357 g/mol. The number of thioether (sulfide) groups is 1. The van der Waals surface area contributed by atoms with E-state index in [2.05, 4.69) is 31.1 Å². The highest BCUT2D eigenvalue weighted by molar-refractivity contribution is 9.10. The van der Waals surface area contributed by atoms with Crippen molar-refractivity contribution in [2.45, 2.75) is 24.9 Å². The molecule has 0 bridgehead atoms. The van der Waals surface area contributed by atoms with Gasteiger partial charge in [0.05, 0.1) is 0 Å². The molecule has 2 N–H and O–H groups in total. The molecule has 0 amide bonds. The van der Waals surface area contributed by atoms with Gasteiger partial charge >= 0.3 is 5.97 Å². The fourth-order valence-electron chi connectivity index (χ4n) is 1.44. The third kappa shape index (κ3) is 3.97. The third-order valence-electron chi connectivity index (χ3n) is 2.28. The summed E-state index contributed by atoms with van der Waals surface area (Å²) in [6.07, 6.45) is 3.17. The van der Waals surface area contributed by atoms with Gasteiger partial charge in [0.1, 0.15) is 16.5 Å². The Morgan fingerprint density at radius 3 is 3.00 bits per heavy atom. The molecule has 0 radical (unpaired) electrons. The fraction of sp³-hybridized carbons (Fsp3) is 0.250. The van der Waals surface area contributed by atoms with Crippen molar-refractivity contribution >= 4 is 39.7 Å². The van der Waals surface area contributed by atoms with Gasteiger partial charge in [0.15, 0.2) is 4.67 Å². The summed E-state index contributed by atoms with van der Waals surface area (Å²) in [5.41, 5.74) is 0. The maximum absolute atomic E-state index is 11.2. The van der Waals surface area contributed by atoms with Gasteiger partial charge < -0.3 is 9.52 Å². The Hall–Kier alpha value is -1.54. The van der Waals surface area contributed by atoms with Crippen molar-refractivity contribution in [1.82, 2.24) is 15.2 Å². The van der Waals surface area contributed by atoms with E-state index in [4.69, 9.17) is 4.42 Å². The lowest BCUT2D eigenvalue weighted by Crippen LogP contribution is -1.97. The van der Waals surface area contributed by atoms with Crippen molar-refractivity contribution in [1.29, 1.82) is 0 Å². The minimum Gasteiger partial charge on any atom is -0.477 e. The number of nitrogens with zero attached hydrogens (tertiary/aromatic N) is 2. The van der Waals surface area contributed by atoms with Gasteiger partial charge in [-0.1, -0.05) is 6.92 Å². The molecule has 0 unspecified atom stereocenters. The fourth-order valence-corrected chi connectivity index (χ4v) is 2.47. The number of carboxylic acids is 1. The molecule has 20 heavy (non-hydrogen) atoms. The highest BCUT2D eigenvalue weighted by Crippen LogP contribution is 2.27. The molecular weight excluding hydrogens is 346 g/mol. The lowest BCUT2D eigenvalue weighted by atomic mass is 10.3. The zero-order chi connectivity index (χ0) is 14.5. The lowest BCUT2D eigenvalue weighted by molar-refractivity contribution is -0.131. The van der Waals surface area contributed by atoms with Gasteiger partial charge in [-0.05, 0) is 46.2 Å². The Morgan fingerprint density at radius 1 is 1.60 bits per heavy atom. The number of halogens is 1. The van der Waals surface area contributed by atoms with Crippen molar-refractivity contribution in [2.75, 3.05) is 0 Å². The van der Waals surface area contributed by atoms with Crippen LogP contribution in [0.5, 0.6) is 0 Å². The van der Waals surface area contributed by atoms with Crippen molar-refractivity contribution < 1.29 is 14.3 Å². The van der Waals surface area contributed by atoms with E-state index in [1.165, 1.54) is 6.08 Å². The van der Waals surface area contributed by atoms with Gasteiger partial charge in [-0.2, -0.15) is 0 Å². The Bertz CT molecular complexity index is 635. The standard InChI is InChI=1S/C12H12BrN3O3S/c1-2-3-10-14-12(16-15-10)20-8(11(17)18)6-7-4-5-9(13)19-7/h4-6H,2-3H2,1H3,(H,17,18)(H,14,15,16)/b8-6-. The van der Waals surface area contributed by atoms with Crippen molar-refractivity contribution in [3.05, 3.63) is 33.3 Å². The maximum atomic E-state index is 11.2. The van der Waals surface area contributed by atoms with E-state index < -0.39 is 5.97 Å². The summed E-state index contributed by atoms with van der Waals surface area (Å²) in [7, 11) is 0. The Morgan fingerprint density at radius 2 is 2.40 bits per heavy atom. The predicted molar refractivity (Wildman–Crippen MR) is 78.3 cm³/mol. The Kier molecular flexibility index (Phi) is 5.02. The predicted octanol–water partition coefficient (Wildman–Crippen LogP) is 3.33. The van der Waals surface area contributed by atoms with Crippen LogP contribution in [0.4, 0.5) is 0 Å². The van der Waals surface area contributed by atoms with Gasteiger partial charge in [-0.3, -0.25) is 5.10 Å². The molecule has 0 saturated carbocycles. The summed E-state index contributed by atoms with van der Waals surface area (Å²) in [4.78, 5) is 15.6. The minimum absolute atomic E-state index is 0.0916. The van der Waals surface area contributed by atoms with Gasteiger partial charge in [0, 0.05) is 12.5 Å². The van der Waals surface area contributed by atoms with E-state index in [-0.39, 0.29) is 4.91 Å². The average Bonchev–Trinajstić information content (AvgIpc) is 2.99. The number of nitrogens with one attached hydrogen (secondary N) is 1. The minimum atomic E-state index is -1.05. The summed E-state index contributed by atoms with van der Waals surface area (Å²) >= 11 is 4.15. The summed E-state index contributed by atoms with van der Waals surface area (Å²) in [5.74, 6) is 0.149. The molecule has 0 fully saturated rings. The number of H-pyrrole nitrogens is 1. The number of carbonyl (C=O) groups is 1. The number of aromatic amines is 1. The number of aromatic nitrogens is 3. The second-order valence-electron chi connectivity index (χ2n) is 3.87. The second kappa shape index (κ2) is 6.76. The number of aliphatic carboxylic acids is 1. The number of furan rings is 1. The zero-order valence-corrected chi connectivity index (χ0v) is 13.0. The van der Waals surface area contributed by atoms with Crippen LogP contribution in [0.25, 0.3) is 6.08 Å². The maximum Gasteiger partial charge on any atom is 0.342 e. The Labute approximate surface area is 127 Å². The quantitative estimate of drug-likeness (QED) is 0.608. The molecule has 0 aliphatic rings. The summed E-state index contributed by atoms with van der Waals surface area (Å²) in [6, 6.07) is 3.37. The van der Waals surface area contributed by atoms with Crippen LogP contribution >= 0.6 is 27.7 Å². The van der Waals surface area contributed by atoms with Gasteiger partial charge in [-0.15, -0.1) is 5.10 Å². The van der Waals surface area contributed by atoms with E-state index in [0.29, 0.717) is 15.6 Å². The molecule has 6 nitrogen and oxygen atoms in total. The Balaban J connectivity index is 2.16. The third-order valence-corrected chi connectivity index (χ3v) is 3.58. The largest absolute Gasteiger partial charge is 0.477 e. The highest BCUT2D eigenvalue weighted by Gasteiger charge is 2.14. The van der Waals surface area contributed by atoms with Crippen LogP contribution in [0.3, 0.4) is 0 Å². The van der Waals surface area contributed by atoms with E-state index in [1.807, 2.05) is 6.92 Å². The van der Waals surface area contributed by atoms with Crippen molar-refractivity contribution in [3.63, 3.8) is 0 Å². The summed E-state index contributed by atoms with van der Waals surface area (Å²) in [5, 5.41) is 16.4. The number of hydrogen-bond acceptors (Lipinski definition) is 5. The van der Waals surface area contributed by atoms with E-state index >= 15 is 0 Å². The lowest BCUT2D eigenvalue weighted by Gasteiger charge is -1.97. The molecule has 2 rings (SSSR count). The molecule has 2 heterocycles. The molecule has 0 aliphatic heterocycles. The number of aryl methyl sites for hydroxylation is 1. The summed E-state index contributed by atoms with van der Waals surface area (Å²) in [6.45, 7) is 2.03. The summed E-state index contributed by atoms with van der Waals surface area (Å²) < 4.78 is 5.80. The molecule has 0 atom stereocenters. The SMILES string of the molecule is CCCc1nc(S/C(=C\c2ccc(Br)o2)C(=O)O)n[nH]1. The smallest absolute Gasteiger partial charge is 0.342 e. The highest BCUT2D eigenvalue weighted by atomic mass is 79.9. The first kappa shape index (κ1) is 14.9. The van der Waals surface area contributed by atoms with Crippen LogP contribution in [-0.2, 0) is 11.2 Å². The molecule has 2 aromatic heterocycles. The molecule has 0 aromatic carbocycles. The van der Waals surface area contributed by atoms with Gasteiger partial charge in [-0.25, -0.2) is 9.78 Å². The van der Waals surface area contributed by atoms with E-state index in [0.717, 1.165) is 30.4 Å². The molecule has 8 heteroatoms. The van der Waals surface area contributed by atoms with E-state index in [9.17, 15) is 9.90 Å². The second-order valence-corrected chi connectivity index (χ2v) is 5.66. The van der Waals surface area contributed by atoms with Crippen LogP contribution < -0.4 is 0 Å². The topological polar surface area (TPSA) is 92.0 Å². The zero-order valence-electron chi connectivity index (χ0n) is 10.6. The van der Waals surface area contributed by atoms with Crippen molar-refractivity contribution in [3.8, 4) is 0 Å². The van der Waals surface area contributed by atoms with Crippen LogP contribution in [0.1, 0.15) is 24.9 Å². The number of hydrogen-bond donors (Lipinski definition) is 2. The molecule has 0 saturated heterocycles. The first-order valence-corrected chi connectivity index (χ1v) is 7.49. The van der Waals surface area contributed by atoms with Crippen LogP contribution in [0, 0.1) is 0 Å². The van der Waals surface area contributed by atoms with Crippen LogP contribution in [-0.4, -0.2) is 26.3 Å². The first-order valence-electron chi connectivity index (χ1n) is 5.88. The van der Waals surface area contributed by atoms with Gasteiger partial charge in [0.25, 0.3) is 0 Å². The molecule has 0 aliphatic carbocycles. The van der Waals surface area contributed by atoms with Crippen molar-refractivity contribution in [2.24, 2.45) is 0 Å². The van der Waals surface area contributed by atoms with Gasteiger partial charge in [0.2, 0.25) is 5.16 Å². The molecule has 2 aromatic rings. The molecule has 106 valence electrons.